The zero-order valence-corrected chi connectivity index (χ0v) is 10.6. The molecular weight excluding hydrogens is 232 g/mol. The van der Waals surface area contributed by atoms with Gasteiger partial charge in [-0.05, 0) is 11.4 Å². The Hall–Kier alpha value is -0.430. The summed E-state index contributed by atoms with van der Waals surface area (Å²) in [7, 11) is 0.0354. The maximum Gasteiger partial charge on any atom is 0.214 e. The van der Waals surface area contributed by atoms with Crippen LogP contribution < -0.4 is 5.32 Å². The molecule has 15 heavy (non-hydrogen) atoms. The molecule has 0 aliphatic carbocycles. The highest BCUT2D eigenvalue weighted by molar-refractivity contribution is 7.89. The molecule has 0 amide bonds. The molecule has 0 fully saturated rings. The van der Waals surface area contributed by atoms with Crippen molar-refractivity contribution in [3.8, 4) is 0 Å². The molecule has 0 radical (unpaired) electrons. The van der Waals surface area contributed by atoms with Gasteiger partial charge in [0.25, 0.3) is 0 Å². The van der Waals surface area contributed by atoms with Gasteiger partial charge in [0.2, 0.25) is 10.0 Å². The van der Waals surface area contributed by atoms with Crippen molar-refractivity contribution >= 4 is 21.4 Å². The molecule has 1 N–H and O–H groups in total. The summed E-state index contributed by atoms with van der Waals surface area (Å²) < 4.78 is 24.0. The Morgan fingerprint density at radius 3 is 2.73 bits per heavy atom. The van der Waals surface area contributed by atoms with Crippen LogP contribution >= 0.6 is 11.3 Å². The van der Waals surface area contributed by atoms with E-state index in [-0.39, 0.29) is 5.75 Å². The van der Waals surface area contributed by atoms with Gasteiger partial charge in [-0.25, -0.2) is 12.7 Å². The Bertz CT molecular complexity index is 371. The summed E-state index contributed by atoms with van der Waals surface area (Å²) in [6.45, 7) is 1.22. The Kier molecular flexibility index (Phi) is 4.72. The molecule has 0 spiro atoms. The molecule has 1 aromatic rings. The van der Waals surface area contributed by atoms with E-state index in [1.165, 1.54) is 9.18 Å². The van der Waals surface area contributed by atoms with E-state index in [4.69, 9.17) is 0 Å². The Balaban J connectivity index is 2.23. The SMILES string of the molecule is CN(C)S(=O)(=O)CCNCc1cccs1. The van der Waals surface area contributed by atoms with E-state index in [1.54, 1.807) is 25.4 Å². The van der Waals surface area contributed by atoms with E-state index in [0.717, 1.165) is 6.54 Å². The van der Waals surface area contributed by atoms with E-state index in [1.807, 2.05) is 17.5 Å². The van der Waals surface area contributed by atoms with Crippen molar-refractivity contribution < 1.29 is 8.42 Å². The first-order chi connectivity index (χ1) is 7.02. The Morgan fingerprint density at radius 2 is 2.20 bits per heavy atom. The lowest BCUT2D eigenvalue weighted by molar-refractivity contribution is 0.517. The monoisotopic (exact) mass is 248 g/mol. The number of hydrogen-bond donors (Lipinski definition) is 1. The van der Waals surface area contributed by atoms with Crippen LogP contribution in [-0.4, -0.2) is 39.1 Å². The molecule has 0 bridgehead atoms. The first-order valence-corrected chi connectivity index (χ1v) is 7.14. The van der Waals surface area contributed by atoms with Gasteiger partial charge >= 0.3 is 0 Å². The van der Waals surface area contributed by atoms with Crippen molar-refractivity contribution in [2.75, 3.05) is 26.4 Å². The van der Waals surface area contributed by atoms with Crippen molar-refractivity contribution in [1.29, 1.82) is 0 Å². The maximum atomic E-state index is 11.4. The molecule has 6 heteroatoms. The summed E-state index contributed by atoms with van der Waals surface area (Å²) in [5.74, 6) is 0.144. The fourth-order valence-electron chi connectivity index (χ4n) is 1.01. The molecule has 0 saturated carbocycles. The normalized spacial score (nSPS) is 12.2. The predicted molar refractivity (Wildman–Crippen MR) is 63.5 cm³/mol. The third kappa shape index (κ3) is 4.29. The number of hydrogen-bond acceptors (Lipinski definition) is 4. The summed E-state index contributed by atoms with van der Waals surface area (Å²) in [6, 6.07) is 4.01. The van der Waals surface area contributed by atoms with Gasteiger partial charge < -0.3 is 5.32 Å². The minimum Gasteiger partial charge on any atom is -0.311 e. The van der Waals surface area contributed by atoms with Crippen LogP contribution in [0.2, 0.25) is 0 Å². The van der Waals surface area contributed by atoms with Crippen LogP contribution in [0.1, 0.15) is 4.88 Å². The molecule has 1 rings (SSSR count). The lowest BCUT2D eigenvalue weighted by atomic mass is 10.4. The zero-order chi connectivity index (χ0) is 11.3. The van der Waals surface area contributed by atoms with Crippen molar-refractivity contribution in [2.24, 2.45) is 0 Å². The van der Waals surface area contributed by atoms with Gasteiger partial charge in [0.1, 0.15) is 0 Å². The van der Waals surface area contributed by atoms with Crippen LogP contribution in [0.5, 0.6) is 0 Å². The van der Waals surface area contributed by atoms with Gasteiger partial charge in [-0.2, -0.15) is 0 Å². The Morgan fingerprint density at radius 1 is 1.47 bits per heavy atom. The number of thiophene rings is 1. The quantitative estimate of drug-likeness (QED) is 0.755. The summed E-state index contributed by atoms with van der Waals surface area (Å²) in [6.07, 6.45) is 0. The molecule has 1 heterocycles. The van der Waals surface area contributed by atoms with Gasteiger partial charge in [0.15, 0.2) is 0 Å². The summed E-state index contributed by atoms with van der Waals surface area (Å²) >= 11 is 1.66. The van der Waals surface area contributed by atoms with Crippen LogP contribution in [0, 0.1) is 0 Å². The third-order valence-corrected chi connectivity index (χ3v) is 4.68. The van der Waals surface area contributed by atoms with Gasteiger partial charge in [0, 0.05) is 32.1 Å². The largest absolute Gasteiger partial charge is 0.311 e. The second kappa shape index (κ2) is 5.60. The second-order valence-corrected chi connectivity index (χ2v) is 6.69. The highest BCUT2D eigenvalue weighted by atomic mass is 32.2. The van der Waals surface area contributed by atoms with Gasteiger partial charge in [-0.3, -0.25) is 0 Å². The number of nitrogens with one attached hydrogen (secondary N) is 1. The second-order valence-electron chi connectivity index (χ2n) is 3.35. The van der Waals surface area contributed by atoms with Crippen molar-refractivity contribution in [2.45, 2.75) is 6.54 Å². The standard InChI is InChI=1S/C9H16N2O2S2/c1-11(2)15(12,13)7-5-10-8-9-4-3-6-14-9/h3-4,6,10H,5,7-8H2,1-2H3. The van der Waals surface area contributed by atoms with Crippen LogP contribution in [-0.2, 0) is 16.6 Å². The smallest absolute Gasteiger partial charge is 0.214 e. The minimum atomic E-state index is -3.07. The van der Waals surface area contributed by atoms with Gasteiger partial charge in [-0.15, -0.1) is 11.3 Å². The highest BCUT2D eigenvalue weighted by Crippen LogP contribution is 2.07. The van der Waals surface area contributed by atoms with E-state index < -0.39 is 10.0 Å². The molecule has 0 unspecified atom stereocenters. The molecule has 0 saturated heterocycles. The molecule has 0 aromatic carbocycles. The van der Waals surface area contributed by atoms with E-state index in [2.05, 4.69) is 5.32 Å². The number of rotatable bonds is 6. The topological polar surface area (TPSA) is 49.4 Å². The van der Waals surface area contributed by atoms with E-state index >= 15 is 0 Å². The van der Waals surface area contributed by atoms with Gasteiger partial charge in [-0.1, -0.05) is 6.07 Å². The molecule has 0 aliphatic heterocycles. The average molecular weight is 248 g/mol. The van der Waals surface area contributed by atoms with E-state index in [0.29, 0.717) is 6.54 Å². The summed E-state index contributed by atoms with van der Waals surface area (Å²) in [5, 5.41) is 5.11. The Labute approximate surface area is 95.0 Å². The molecule has 0 aliphatic rings. The lowest BCUT2D eigenvalue weighted by Gasteiger charge is -2.11. The number of sulfonamides is 1. The van der Waals surface area contributed by atoms with Crippen molar-refractivity contribution in [3.05, 3.63) is 22.4 Å². The van der Waals surface area contributed by atoms with Crippen molar-refractivity contribution in [3.63, 3.8) is 0 Å². The lowest BCUT2D eigenvalue weighted by Crippen LogP contribution is -2.30. The molecule has 1 aromatic heterocycles. The number of nitrogens with zero attached hydrogens (tertiary/aromatic N) is 1. The predicted octanol–water partition coefficient (Wildman–Crippen LogP) is 0.729. The molecule has 86 valence electrons. The highest BCUT2D eigenvalue weighted by Gasteiger charge is 2.12. The average Bonchev–Trinajstić information content (AvgIpc) is 2.64. The minimum absolute atomic E-state index is 0.144. The van der Waals surface area contributed by atoms with Gasteiger partial charge in [0.05, 0.1) is 5.75 Å². The summed E-state index contributed by atoms with van der Waals surface area (Å²) in [4.78, 5) is 1.22. The van der Waals surface area contributed by atoms with Crippen LogP contribution in [0.25, 0.3) is 0 Å². The van der Waals surface area contributed by atoms with Crippen molar-refractivity contribution in [1.82, 2.24) is 9.62 Å². The molecule has 0 atom stereocenters. The fraction of sp³-hybridized carbons (Fsp3) is 0.556. The van der Waals surface area contributed by atoms with Crippen LogP contribution in [0.15, 0.2) is 17.5 Å². The third-order valence-electron chi connectivity index (χ3n) is 1.97. The molecular formula is C9H16N2O2S2. The maximum absolute atomic E-state index is 11.4. The van der Waals surface area contributed by atoms with Crippen LogP contribution in [0.4, 0.5) is 0 Å². The summed E-state index contributed by atoms with van der Waals surface area (Å²) in [5.41, 5.74) is 0. The first-order valence-electron chi connectivity index (χ1n) is 4.65. The molecule has 4 nitrogen and oxygen atoms in total. The van der Waals surface area contributed by atoms with E-state index in [9.17, 15) is 8.42 Å². The first kappa shape index (κ1) is 12.6. The fourth-order valence-corrected chi connectivity index (χ4v) is 2.45. The zero-order valence-electron chi connectivity index (χ0n) is 8.93. The van der Waals surface area contributed by atoms with Crippen LogP contribution in [0.3, 0.4) is 0 Å².